The van der Waals surface area contributed by atoms with Gasteiger partial charge in [0.15, 0.2) is 0 Å². The molecule has 1 aliphatic heterocycles. The molecular weight excluding hydrogens is 449 g/mol. The van der Waals surface area contributed by atoms with Crippen molar-refractivity contribution in [1.82, 2.24) is 14.8 Å². The van der Waals surface area contributed by atoms with E-state index in [1.807, 2.05) is 0 Å². The Morgan fingerprint density at radius 3 is 2.67 bits per heavy atom. The highest BCUT2D eigenvalue weighted by Gasteiger charge is 2.38. The molecule has 0 saturated carbocycles. The van der Waals surface area contributed by atoms with Crippen molar-refractivity contribution in [3.8, 4) is 0 Å². The fourth-order valence-electron chi connectivity index (χ4n) is 3.76. The number of ether oxygens (including phenoxy) is 1. The van der Waals surface area contributed by atoms with Crippen LogP contribution in [0.3, 0.4) is 0 Å². The van der Waals surface area contributed by atoms with Crippen molar-refractivity contribution >= 4 is 35.1 Å². The first-order valence-corrected chi connectivity index (χ1v) is 10.6. The van der Waals surface area contributed by atoms with Crippen LogP contribution in [-0.4, -0.2) is 39.8 Å². The number of nitrogens with zero attached hydrogens (tertiary/aromatic N) is 4. The third-order valence-electron chi connectivity index (χ3n) is 5.20. The van der Waals surface area contributed by atoms with Crippen molar-refractivity contribution < 1.29 is 18.7 Å². The number of fused-ring (bicyclic) bond motifs is 1. The van der Waals surface area contributed by atoms with E-state index in [0.717, 1.165) is 0 Å². The fourth-order valence-corrected chi connectivity index (χ4v) is 3.95. The fraction of sp³-hybridized carbons (Fsp3) is 0.217. The van der Waals surface area contributed by atoms with Gasteiger partial charge in [0, 0.05) is 16.4 Å². The summed E-state index contributed by atoms with van der Waals surface area (Å²) in [5.41, 5.74) is 1.96. The lowest BCUT2D eigenvalue weighted by atomic mass is 9.95. The van der Waals surface area contributed by atoms with Crippen LogP contribution in [0.2, 0.25) is 5.02 Å². The smallest absolute Gasteiger partial charge is 0.338 e. The predicted octanol–water partition coefficient (Wildman–Crippen LogP) is 3.96. The van der Waals surface area contributed by atoms with E-state index in [-0.39, 0.29) is 24.6 Å². The van der Waals surface area contributed by atoms with E-state index in [4.69, 9.17) is 16.3 Å². The number of benzene rings is 2. The highest BCUT2D eigenvalue weighted by atomic mass is 35.5. The van der Waals surface area contributed by atoms with Crippen molar-refractivity contribution in [3.05, 3.63) is 82.5 Å². The van der Waals surface area contributed by atoms with Crippen LogP contribution in [0, 0.1) is 5.82 Å². The number of hydrogen-bond acceptors (Lipinski definition) is 6. The summed E-state index contributed by atoms with van der Waals surface area (Å²) < 4.78 is 20.4. The largest absolute Gasteiger partial charge is 0.463 e. The van der Waals surface area contributed by atoms with Crippen LogP contribution in [0.15, 0.2) is 66.1 Å². The van der Waals surface area contributed by atoms with Crippen LogP contribution in [0.1, 0.15) is 25.5 Å². The first-order valence-electron chi connectivity index (χ1n) is 10.2. The van der Waals surface area contributed by atoms with Crippen LogP contribution in [-0.2, 0) is 14.3 Å². The molecule has 0 radical (unpaired) electrons. The van der Waals surface area contributed by atoms with Gasteiger partial charge in [-0.2, -0.15) is 10.1 Å². The molecule has 0 aliphatic carbocycles. The van der Waals surface area contributed by atoms with Crippen molar-refractivity contribution in [2.75, 3.05) is 23.4 Å². The zero-order chi connectivity index (χ0) is 23.5. The number of rotatable bonds is 6. The normalized spacial score (nSPS) is 15.3. The van der Waals surface area contributed by atoms with Gasteiger partial charge in [-0.15, -0.1) is 0 Å². The lowest BCUT2D eigenvalue weighted by Crippen LogP contribution is -2.40. The van der Waals surface area contributed by atoms with E-state index in [1.165, 1.54) is 23.1 Å². The van der Waals surface area contributed by atoms with Crippen LogP contribution < -0.4 is 10.2 Å². The molecule has 1 N–H and O–H groups in total. The maximum Gasteiger partial charge on any atom is 0.338 e. The Morgan fingerprint density at radius 1 is 1.21 bits per heavy atom. The van der Waals surface area contributed by atoms with Crippen molar-refractivity contribution in [2.45, 2.75) is 19.9 Å². The monoisotopic (exact) mass is 469 g/mol. The lowest BCUT2D eigenvalue weighted by molar-refractivity contribution is -0.139. The van der Waals surface area contributed by atoms with Gasteiger partial charge in [0.2, 0.25) is 11.9 Å². The average Bonchev–Trinajstić information content (AvgIpc) is 3.25. The maximum absolute atomic E-state index is 13.6. The van der Waals surface area contributed by atoms with E-state index >= 15 is 0 Å². The first-order chi connectivity index (χ1) is 15.9. The SMILES string of the molecule is CCOC(=O)C1=C(C)N(CC(=O)Nc2cccc(Cl)c2)c2ncnn2[C@H]1c1ccc(F)cc1. The summed E-state index contributed by atoms with van der Waals surface area (Å²) in [6.45, 7) is 3.47. The van der Waals surface area contributed by atoms with Crippen molar-refractivity contribution in [2.24, 2.45) is 0 Å². The molecular formula is C23H21ClFN5O3. The Labute approximate surface area is 194 Å². The number of hydrogen-bond donors (Lipinski definition) is 1. The number of carbonyl (C=O) groups is 2. The molecule has 1 aromatic heterocycles. The first kappa shape index (κ1) is 22.5. The van der Waals surface area contributed by atoms with E-state index in [1.54, 1.807) is 55.1 Å². The van der Waals surface area contributed by atoms with Crippen LogP contribution in [0.5, 0.6) is 0 Å². The highest BCUT2D eigenvalue weighted by molar-refractivity contribution is 6.30. The van der Waals surface area contributed by atoms with Gasteiger partial charge in [0.05, 0.1) is 12.2 Å². The van der Waals surface area contributed by atoms with Gasteiger partial charge in [-0.05, 0) is 49.7 Å². The van der Waals surface area contributed by atoms with E-state index < -0.39 is 17.8 Å². The summed E-state index contributed by atoms with van der Waals surface area (Å²) >= 11 is 6.00. The minimum Gasteiger partial charge on any atom is -0.463 e. The molecule has 2 aromatic carbocycles. The minimum atomic E-state index is -0.686. The summed E-state index contributed by atoms with van der Waals surface area (Å²) in [5.74, 6) is -0.914. The number of nitrogens with one attached hydrogen (secondary N) is 1. The van der Waals surface area contributed by atoms with E-state index in [2.05, 4.69) is 15.4 Å². The molecule has 4 rings (SSSR count). The molecule has 2 heterocycles. The topological polar surface area (TPSA) is 89.3 Å². The molecule has 0 saturated heterocycles. The molecule has 0 spiro atoms. The number of halogens is 2. The lowest BCUT2D eigenvalue weighted by Gasteiger charge is -2.35. The summed E-state index contributed by atoms with van der Waals surface area (Å²) in [6.07, 6.45) is 1.34. The Morgan fingerprint density at radius 2 is 1.97 bits per heavy atom. The molecule has 0 fully saturated rings. The molecule has 0 unspecified atom stereocenters. The summed E-state index contributed by atoms with van der Waals surface area (Å²) in [6, 6.07) is 11.9. The predicted molar refractivity (Wildman–Crippen MR) is 121 cm³/mol. The van der Waals surface area contributed by atoms with Gasteiger partial charge in [-0.25, -0.2) is 13.9 Å². The number of anilines is 2. The molecule has 0 bridgehead atoms. The molecule has 33 heavy (non-hydrogen) atoms. The quantitative estimate of drug-likeness (QED) is 0.550. The summed E-state index contributed by atoms with van der Waals surface area (Å²) in [4.78, 5) is 31.7. The number of aromatic nitrogens is 3. The average molecular weight is 470 g/mol. The number of carbonyl (C=O) groups excluding carboxylic acids is 2. The third-order valence-corrected chi connectivity index (χ3v) is 5.43. The zero-order valence-corrected chi connectivity index (χ0v) is 18.7. The Kier molecular flexibility index (Phi) is 6.41. The molecule has 3 aromatic rings. The van der Waals surface area contributed by atoms with E-state index in [0.29, 0.717) is 27.9 Å². The third kappa shape index (κ3) is 4.58. The summed E-state index contributed by atoms with van der Waals surface area (Å²) in [5, 5.41) is 7.58. The van der Waals surface area contributed by atoms with Gasteiger partial charge in [-0.3, -0.25) is 4.79 Å². The zero-order valence-electron chi connectivity index (χ0n) is 18.0. The number of amides is 1. The minimum absolute atomic E-state index is 0.129. The second-order valence-electron chi connectivity index (χ2n) is 7.32. The second-order valence-corrected chi connectivity index (χ2v) is 7.76. The Hall–Kier alpha value is -3.72. The Bertz CT molecular complexity index is 1220. The molecule has 10 heteroatoms. The Balaban J connectivity index is 1.73. The summed E-state index contributed by atoms with van der Waals surface area (Å²) in [7, 11) is 0. The molecule has 1 amide bonds. The van der Waals surface area contributed by atoms with Gasteiger partial charge in [0.25, 0.3) is 0 Å². The van der Waals surface area contributed by atoms with Gasteiger partial charge in [-0.1, -0.05) is 29.8 Å². The molecule has 170 valence electrons. The van der Waals surface area contributed by atoms with Gasteiger partial charge in [0.1, 0.15) is 24.7 Å². The van der Waals surface area contributed by atoms with Crippen LogP contribution >= 0.6 is 11.6 Å². The maximum atomic E-state index is 13.6. The second kappa shape index (κ2) is 9.41. The highest BCUT2D eigenvalue weighted by Crippen LogP contribution is 2.38. The van der Waals surface area contributed by atoms with Gasteiger partial charge < -0.3 is 15.0 Å². The molecule has 8 nitrogen and oxygen atoms in total. The van der Waals surface area contributed by atoms with Gasteiger partial charge >= 0.3 is 5.97 Å². The van der Waals surface area contributed by atoms with Crippen LogP contribution in [0.25, 0.3) is 0 Å². The van der Waals surface area contributed by atoms with E-state index in [9.17, 15) is 14.0 Å². The number of esters is 1. The van der Waals surface area contributed by atoms with Crippen LogP contribution in [0.4, 0.5) is 16.0 Å². The number of allylic oxidation sites excluding steroid dienone is 1. The molecule has 1 aliphatic rings. The molecule has 1 atom stereocenters. The van der Waals surface area contributed by atoms with Crippen molar-refractivity contribution in [1.29, 1.82) is 0 Å². The van der Waals surface area contributed by atoms with Crippen molar-refractivity contribution in [3.63, 3.8) is 0 Å². The standard InChI is InChI=1S/C23H21ClFN5O3/c1-3-33-22(32)20-14(2)29(12-19(31)28-18-6-4-5-16(24)11-18)23-26-13-27-30(23)21(20)15-7-9-17(25)10-8-15/h4-11,13,21H,3,12H2,1-2H3,(H,28,31)/t21-/m0/s1.